The van der Waals surface area contributed by atoms with Crippen molar-refractivity contribution in [3.05, 3.63) is 68.7 Å². The van der Waals surface area contributed by atoms with Crippen LogP contribution in [0.25, 0.3) is 0 Å². The summed E-state index contributed by atoms with van der Waals surface area (Å²) in [7, 11) is 0. The molecule has 0 bridgehead atoms. The molecule has 0 atom stereocenters. The zero-order valence-electron chi connectivity index (χ0n) is 15.0. The van der Waals surface area contributed by atoms with E-state index in [1.165, 1.54) is 4.90 Å². The Labute approximate surface area is 176 Å². The Morgan fingerprint density at radius 3 is 2.50 bits per heavy atom. The minimum atomic E-state index is -0.300. The number of halogens is 2. The Morgan fingerprint density at radius 1 is 1.00 bits per heavy atom. The van der Waals surface area contributed by atoms with Crippen molar-refractivity contribution < 1.29 is 14.4 Å². The molecule has 2 N–H and O–H groups in total. The minimum absolute atomic E-state index is 0.254. The quantitative estimate of drug-likeness (QED) is 0.485. The van der Waals surface area contributed by atoms with Gasteiger partial charge in [-0.25, -0.2) is 4.79 Å². The molecule has 0 aliphatic carbocycles. The van der Waals surface area contributed by atoms with Crippen LogP contribution in [0.2, 0.25) is 5.02 Å². The number of fused-ring (bicyclic) bond motifs is 1. The van der Waals surface area contributed by atoms with Gasteiger partial charge in [0.25, 0.3) is 11.8 Å². The average molecular weight is 465 g/mol. The van der Waals surface area contributed by atoms with Crippen LogP contribution in [-0.2, 0) is 6.42 Å². The van der Waals surface area contributed by atoms with Crippen molar-refractivity contribution in [2.75, 3.05) is 19.6 Å². The molecular weight excluding hydrogens is 446 g/mol. The molecule has 0 fully saturated rings. The normalized spacial score (nSPS) is 12.9. The van der Waals surface area contributed by atoms with E-state index in [4.69, 9.17) is 11.6 Å². The number of hydrogen-bond donors (Lipinski definition) is 2. The lowest BCUT2D eigenvalue weighted by Crippen LogP contribution is -2.38. The van der Waals surface area contributed by atoms with Gasteiger partial charge in [0.15, 0.2) is 0 Å². The van der Waals surface area contributed by atoms with Crippen LogP contribution in [0.3, 0.4) is 0 Å². The third-order valence-electron chi connectivity index (χ3n) is 4.41. The lowest BCUT2D eigenvalue weighted by molar-refractivity contribution is 0.0653. The van der Waals surface area contributed by atoms with Crippen molar-refractivity contribution in [3.63, 3.8) is 0 Å². The molecule has 0 saturated carbocycles. The number of carbonyl (C=O) groups excluding carboxylic acids is 3. The number of nitrogens with zero attached hydrogens (tertiary/aromatic N) is 1. The molecule has 4 amide bonds. The summed E-state index contributed by atoms with van der Waals surface area (Å²) in [5, 5.41) is 6.17. The van der Waals surface area contributed by atoms with Gasteiger partial charge in [0.1, 0.15) is 0 Å². The van der Waals surface area contributed by atoms with E-state index in [0.29, 0.717) is 42.1 Å². The summed E-state index contributed by atoms with van der Waals surface area (Å²) in [5.41, 5.74) is 1.80. The van der Waals surface area contributed by atoms with Crippen molar-refractivity contribution in [3.8, 4) is 0 Å². The fraction of sp³-hybridized carbons (Fsp3) is 0.250. The molecule has 0 spiro atoms. The Bertz CT molecular complexity index is 919. The number of hydrogen-bond acceptors (Lipinski definition) is 3. The second kappa shape index (κ2) is 9.21. The highest BCUT2D eigenvalue weighted by Crippen LogP contribution is 2.26. The minimum Gasteiger partial charge on any atom is -0.338 e. The van der Waals surface area contributed by atoms with Gasteiger partial charge < -0.3 is 10.6 Å². The maximum atomic E-state index is 12.4. The van der Waals surface area contributed by atoms with Crippen LogP contribution < -0.4 is 10.6 Å². The average Bonchev–Trinajstić information content (AvgIpc) is 2.90. The van der Waals surface area contributed by atoms with Gasteiger partial charge in [-0.05, 0) is 42.7 Å². The lowest BCUT2D eigenvalue weighted by atomic mass is 10.1. The molecule has 1 aliphatic rings. The SMILES string of the molecule is O=C(NCCCN1C(=O)c2ccc(Br)cc2C1=O)NCCc1ccccc1Cl. The summed E-state index contributed by atoms with van der Waals surface area (Å²) in [5.74, 6) is -0.595. The fourth-order valence-corrected chi connectivity index (χ4v) is 3.57. The van der Waals surface area contributed by atoms with E-state index in [-0.39, 0.29) is 24.4 Å². The molecule has 2 aromatic carbocycles. The van der Waals surface area contributed by atoms with Crippen LogP contribution in [0.4, 0.5) is 4.79 Å². The molecule has 3 rings (SSSR count). The Balaban J connectivity index is 1.38. The summed E-state index contributed by atoms with van der Waals surface area (Å²) < 4.78 is 0.754. The molecule has 1 heterocycles. The topological polar surface area (TPSA) is 78.5 Å². The number of benzene rings is 2. The molecular formula is C20H19BrClN3O3. The third-order valence-corrected chi connectivity index (χ3v) is 5.28. The predicted molar refractivity (Wildman–Crippen MR) is 111 cm³/mol. The Morgan fingerprint density at radius 2 is 1.71 bits per heavy atom. The number of urea groups is 1. The van der Waals surface area contributed by atoms with Crippen LogP contribution in [-0.4, -0.2) is 42.4 Å². The standard InChI is InChI=1S/C20H19BrClN3O3/c21-14-6-7-15-16(12-14)19(27)25(18(15)26)11-3-9-23-20(28)24-10-8-13-4-1-2-5-17(13)22/h1-2,4-7,12H,3,8-11H2,(H2,23,24,28). The molecule has 2 aromatic rings. The Hall–Kier alpha value is -2.38. The van der Waals surface area contributed by atoms with E-state index in [1.807, 2.05) is 24.3 Å². The molecule has 0 saturated heterocycles. The van der Waals surface area contributed by atoms with E-state index in [9.17, 15) is 14.4 Å². The first-order chi connectivity index (χ1) is 13.5. The summed E-state index contributed by atoms with van der Waals surface area (Å²) in [6, 6.07) is 12.2. The first kappa shape index (κ1) is 20.4. The molecule has 1 aliphatic heterocycles. The van der Waals surface area contributed by atoms with Gasteiger partial charge in [0, 0.05) is 29.1 Å². The van der Waals surface area contributed by atoms with Gasteiger partial charge in [0.05, 0.1) is 11.1 Å². The first-order valence-corrected chi connectivity index (χ1v) is 10.1. The number of nitrogens with one attached hydrogen (secondary N) is 2. The molecule has 0 radical (unpaired) electrons. The number of imide groups is 1. The van der Waals surface area contributed by atoms with E-state index in [1.54, 1.807) is 18.2 Å². The molecule has 8 heteroatoms. The highest BCUT2D eigenvalue weighted by atomic mass is 79.9. The molecule has 6 nitrogen and oxygen atoms in total. The van der Waals surface area contributed by atoms with Gasteiger partial charge in [0.2, 0.25) is 0 Å². The molecule has 0 aromatic heterocycles. The van der Waals surface area contributed by atoms with Crippen LogP contribution in [0.15, 0.2) is 46.9 Å². The van der Waals surface area contributed by atoms with Crippen molar-refractivity contribution >= 4 is 45.4 Å². The van der Waals surface area contributed by atoms with E-state index < -0.39 is 0 Å². The largest absolute Gasteiger partial charge is 0.338 e. The summed E-state index contributed by atoms with van der Waals surface area (Å²) in [4.78, 5) is 37.8. The predicted octanol–water partition coefficient (Wildman–Crippen LogP) is 3.63. The van der Waals surface area contributed by atoms with Gasteiger partial charge in [-0.15, -0.1) is 0 Å². The summed E-state index contributed by atoms with van der Waals surface area (Å²) in [6.45, 7) is 1.07. The zero-order chi connectivity index (χ0) is 20.1. The van der Waals surface area contributed by atoms with Crippen molar-refractivity contribution in [1.29, 1.82) is 0 Å². The van der Waals surface area contributed by atoms with E-state index >= 15 is 0 Å². The van der Waals surface area contributed by atoms with Gasteiger partial charge in [-0.1, -0.05) is 45.7 Å². The summed E-state index contributed by atoms with van der Waals surface area (Å²) >= 11 is 9.39. The first-order valence-electron chi connectivity index (χ1n) is 8.88. The van der Waals surface area contributed by atoms with Gasteiger partial charge >= 0.3 is 6.03 Å². The number of amides is 4. The Kier molecular flexibility index (Phi) is 6.70. The number of carbonyl (C=O) groups is 3. The molecule has 146 valence electrons. The van der Waals surface area contributed by atoms with Gasteiger partial charge in [-0.2, -0.15) is 0 Å². The van der Waals surface area contributed by atoms with Crippen molar-refractivity contribution in [1.82, 2.24) is 15.5 Å². The van der Waals surface area contributed by atoms with Crippen LogP contribution in [0.1, 0.15) is 32.7 Å². The van der Waals surface area contributed by atoms with Crippen LogP contribution in [0, 0.1) is 0 Å². The van der Waals surface area contributed by atoms with Crippen LogP contribution in [0.5, 0.6) is 0 Å². The molecule has 28 heavy (non-hydrogen) atoms. The van der Waals surface area contributed by atoms with E-state index in [2.05, 4.69) is 26.6 Å². The lowest BCUT2D eigenvalue weighted by Gasteiger charge is -2.14. The fourth-order valence-electron chi connectivity index (χ4n) is 2.98. The summed E-state index contributed by atoms with van der Waals surface area (Å²) in [6.07, 6.45) is 1.11. The van der Waals surface area contributed by atoms with Gasteiger partial charge in [-0.3, -0.25) is 14.5 Å². The van der Waals surface area contributed by atoms with E-state index in [0.717, 1.165) is 10.0 Å². The van der Waals surface area contributed by atoms with Crippen molar-refractivity contribution in [2.24, 2.45) is 0 Å². The smallest absolute Gasteiger partial charge is 0.314 e. The van der Waals surface area contributed by atoms with Crippen LogP contribution >= 0.6 is 27.5 Å². The highest BCUT2D eigenvalue weighted by Gasteiger charge is 2.34. The second-order valence-electron chi connectivity index (χ2n) is 6.33. The number of rotatable bonds is 7. The highest BCUT2D eigenvalue weighted by molar-refractivity contribution is 9.10. The third kappa shape index (κ3) is 4.72. The maximum Gasteiger partial charge on any atom is 0.314 e. The molecule has 0 unspecified atom stereocenters. The monoisotopic (exact) mass is 463 g/mol. The maximum absolute atomic E-state index is 12.4. The second-order valence-corrected chi connectivity index (χ2v) is 7.65. The zero-order valence-corrected chi connectivity index (χ0v) is 17.3. The van der Waals surface area contributed by atoms with Crippen molar-refractivity contribution in [2.45, 2.75) is 12.8 Å².